The van der Waals surface area contributed by atoms with Gasteiger partial charge < -0.3 is 24.6 Å². The van der Waals surface area contributed by atoms with Crippen LogP contribution in [-0.2, 0) is 18.4 Å². The number of carbonyl (C=O) groups is 1. The zero-order valence-electron chi connectivity index (χ0n) is 11.9. The molecule has 3 N–H and O–H groups in total. The first-order valence-corrected chi connectivity index (χ1v) is 8.12. The molecule has 116 valence electrons. The molecule has 1 rings (SSSR count). The van der Waals surface area contributed by atoms with Crippen molar-refractivity contribution in [2.45, 2.75) is 45.4 Å². The smallest absolute Gasteiger partial charge is 0.357 e. The molecule has 8 heteroatoms. The Bertz CT molecular complexity index is 414. The maximum Gasteiger partial charge on any atom is 0.357 e. The van der Waals surface area contributed by atoms with Crippen LogP contribution in [0.2, 0.25) is 0 Å². The summed E-state index contributed by atoms with van der Waals surface area (Å²) in [6.07, 6.45) is -0.853. The van der Waals surface area contributed by atoms with Crippen molar-refractivity contribution in [3.63, 3.8) is 0 Å². The highest BCUT2D eigenvalue weighted by Gasteiger charge is 2.39. The van der Waals surface area contributed by atoms with Crippen molar-refractivity contribution in [3.05, 3.63) is 11.4 Å². The summed E-state index contributed by atoms with van der Waals surface area (Å²) in [5, 5.41) is 22.7. The van der Waals surface area contributed by atoms with E-state index in [0.717, 1.165) is 0 Å². The number of carbonyl (C=O) groups excluding carboxylic acids is 1. The Balaban J connectivity index is 2.97. The second-order valence-corrected chi connectivity index (χ2v) is 6.57. The molecule has 0 heterocycles. The van der Waals surface area contributed by atoms with E-state index in [4.69, 9.17) is 9.05 Å². The summed E-state index contributed by atoms with van der Waals surface area (Å²) in [4.78, 5) is 11.0. The minimum atomic E-state index is -3.50. The van der Waals surface area contributed by atoms with Crippen LogP contribution in [-0.4, -0.2) is 47.6 Å². The minimum Gasteiger partial charge on any atom is -0.391 e. The van der Waals surface area contributed by atoms with E-state index in [1.54, 1.807) is 13.8 Å². The Morgan fingerprint density at radius 2 is 1.95 bits per heavy atom. The van der Waals surface area contributed by atoms with E-state index in [1.165, 1.54) is 13.0 Å². The van der Waals surface area contributed by atoms with Crippen molar-refractivity contribution in [2.75, 3.05) is 13.2 Å². The molecule has 0 aromatic heterocycles. The van der Waals surface area contributed by atoms with Crippen LogP contribution in [0, 0.1) is 0 Å². The number of hydrogen-bond donors (Lipinski definition) is 3. The average Bonchev–Trinajstić information content (AvgIpc) is 2.34. The van der Waals surface area contributed by atoms with E-state index in [9.17, 15) is 19.6 Å². The lowest BCUT2D eigenvalue weighted by atomic mass is 9.95. The fraction of sp³-hybridized carbons (Fsp3) is 0.750. The van der Waals surface area contributed by atoms with Crippen LogP contribution in [0.5, 0.6) is 0 Å². The van der Waals surface area contributed by atoms with Gasteiger partial charge in [-0.2, -0.15) is 0 Å². The summed E-state index contributed by atoms with van der Waals surface area (Å²) < 4.78 is 22.9. The van der Waals surface area contributed by atoms with Crippen LogP contribution in [0.4, 0.5) is 0 Å². The molecule has 1 amide bonds. The maximum atomic E-state index is 12.6. The molecule has 0 unspecified atom stereocenters. The number of amides is 1. The quantitative estimate of drug-likeness (QED) is 0.626. The van der Waals surface area contributed by atoms with Gasteiger partial charge in [-0.3, -0.25) is 9.36 Å². The van der Waals surface area contributed by atoms with Gasteiger partial charge in [0.05, 0.1) is 31.5 Å². The number of rotatable bonds is 6. The summed E-state index contributed by atoms with van der Waals surface area (Å²) in [5.74, 6) is -0.359. The second-order valence-electron chi connectivity index (χ2n) is 4.48. The van der Waals surface area contributed by atoms with E-state index < -0.39 is 25.8 Å². The highest BCUT2D eigenvalue weighted by Crippen LogP contribution is 2.58. The predicted octanol–water partition coefficient (Wildman–Crippen LogP) is 0.767. The molecule has 0 aliphatic heterocycles. The van der Waals surface area contributed by atoms with Gasteiger partial charge in [-0.1, -0.05) is 0 Å². The molecule has 0 saturated carbocycles. The molecule has 1 aliphatic carbocycles. The number of hydrogen-bond acceptors (Lipinski definition) is 6. The van der Waals surface area contributed by atoms with Crippen LogP contribution in [0.15, 0.2) is 11.4 Å². The zero-order valence-corrected chi connectivity index (χ0v) is 12.8. The van der Waals surface area contributed by atoms with Gasteiger partial charge in [-0.15, -0.1) is 0 Å². The second kappa shape index (κ2) is 7.33. The molecule has 0 fully saturated rings. The fourth-order valence-corrected chi connectivity index (χ4v) is 3.93. The van der Waals surface area contributed by atoms with Gasteiger partial charge in [0.15, 0.2) is 0 Å². The van der Waals surface area contributed by atoms with Crippen molar-refractivity contribution in [1.29, 1.82) is 0 Å². The van der Waals surface area contributed by atoms with Gasteiger partial charge in [0, 0.05) is 18.7 Å². The van der Waals surface area contributed by atoms with Crippen molar-refractivity contribution < 1.29 is 28.6 Å². The first kappa shape index (κ1) is 17.3. The Hall–Kier alpha value is -0.720. The monoisotopic (exact) mass is 307 g/mol. The molecule has 0 spiro atoms. The molecule has 0 aromatic rings. The zero-order chi connectivity index (χ0) is 15.3. The minimum absolute atomic E-state index is 0.0132. The largest absolute Gasteiger partial charge is 0.391 e. The van der Waals surface area contributed by atoms with Gasteiger partial charge in [0.25, 0.3) is 0 Å². The number of nitrogens with one attached hydrogen (secondary N) is 1. The van der Waals surface area contributed by atoms with E-state index in [-0.39, 0.29) is 30.9 Å². The van der Waals surface area contributed by atoms with Gasteiger partial charge in [0.2, 0.25) is 5.91 Å². The lowest BCUT2D eigenvalue weighted by molar-refractivity contribution is -0.121. The highest BCUT2D eigenvalue weighted by atomic mass is 31.2. The van der Waals surface area contributed by atoms with Crippen LogP contribution < -0.4 is 5.32 Å². The third-order valence-electron chi connectivity index (χ3n) is 2.88. The van der Waals surface area contributed by atoms with Crippen molar-refractivity contribution in [1.82, 2.24) is 5.32 Å². The van der Waals surface area contributed by atoms with Crippen molar-refractivity contribution in [2.24, 2.45) is 0 Å². The standard InChI is InChI=1S/C12H22NO6P/c1-4-18-20(17,19-5-2)9-6-10(15)12(11(16)7-9)13-8(3)14/h6,10-12,15-16H,4-5,7H2,1-3H3,(H,13,14)/t10-,11+,12+/m1/s1. The normalized spacial score (nSPS) is 27.1. The summed E-state index contributed by atoms with van der Waals surface area (Å²) >= 11 is 0. The molecule has 0 bridgehead atoms. The van der Waals surface area contributed by atoms with Crippen molar-refractivity contribution >= 4 is 13.5 Å². The topological polar surface area (TPSA) is 105 Å². The molecule has 20 heavy (non-hydrogen) atoms. The van der Waals surface area contributed by atoms with E-state index in [2.05, 4.69) is 5.32 Å². The molecule has 0 radical (unpaired) electrons. The lowest BCUT2D eigenvalue weighted by Gasteiger charge is -2.33. The Morgan fingerprint density at radius 1 is 1.40 bits per heavy atom. The Labute approximate surface area is 118 Å². The molecule has 0 aromatic carbocycles. The average molecular weight is 307 g/mol. The summed E-state index contributed by atoms with van der Waals surface area (Å²) in [6, 6.07) is -0.826. The molecule has 3 atom stereocenters. The maximum absolute atomic E-state index is 12.6. The third-order valence-corrected chi connectivity index (χ3v) is 5.12. The van der Waals surface area contributed by atoms with Crippen molar-refractivity contribution in [3.8, 4) is 0 Å². The molecule has 7 nitrogen and oxygen atoms in total. The Kier molecular flexibility index (Phi) is 6.36. The molecular weight excluding hydrogens is 285 g/mol. The molecule has 1 aliphatic rings. The van der Waals surface area contributed by atoms with Crippen LogP contribution in [0.3, 0.4) is 0 Å². The molecule has 0 saturated heterocycles. The van der Waals surface area contributed by atoms with Crippen LogP contribution >= 0.6 is 7.60 Å². The summed E-state index contributed by atoms with van der Waals surface area (Å²) in [5.41, 5.74) is 0. The third kappa shape index (κ3) is 4.14. The number of aliphatic hydroxyl groups excluding tert-OH is 2. The molecular formula is C12H22NO6P. The van der Waals surface area contributed by atoms with Gasteiger partial charge in [-0.05, 0) is 19.9 Å². The Morgan fingerprint density at radius 3 is 2.35 bits per heavy atom. The lowest BCUT2D eigenvalue weighted by Crippen LogP contribution is -2.51. The fourth-order valence-electron chi connectivity index (χ4n) is 2.10. The highest BCUT2D eigenvalue weighted by molar-refractivity contribution is 7.58. The summed E-state index contributed by atoms with van der Waals surface area (Å²) in [6.45, 7) is 5.04. The first-order chi connectivity index (χ1) is 9.34. The first-order valence-electron chi connectivity index (χ1n) is 6.57. The summed E-state index contributed by atoms with van der Waals surface area (Å²) in [7, 11) is -3.50. The number of aliphatic hydroxyl groups is 2. The van der Waals surface area contributed by atoms with Gasteiger partial charge in [0.1, 0.15) is 0 Å². The van der Waals surface area contributed by atoms with Gasteiger partial charge >= 0.3 is 7.60 Å². The van der Waals surface area contributed by atoms with E-state index >= 15 is 0 Å². The predicted molar refractivity (Wildman–Crippen MR) is 73.2 cm³/mol. The van der Waals surface area contributed by atoms with E-state index in [0.29, 0.717) is 0 Å². The SMILES string of the molecule is CCOP(=O)(OCC)C1=C[C@@H](O)[C@H](NC(C)=O)[C@@H](O)C1. The van der Waals surface area contributed by atoms with Crippen LogP contribution in [0.1, 0.15) is 27.2 Å². The van der Waals surface area contributed by atoms with Crippen LogP contribution in [0.25, 0.3) is 0 Å². The van der Waals surface area contributed by atoms with E-state index in [1.807, 2.05) is 0 Å². The van der Waals surface area contributed by atoms with Gasteiger partial charge in [-0.25, -0.2) is 0 Å².